The molecule has 2 heterocycles. The van der Waals surface area contributed by atoms with E-state index in [1.165, 1.54) is 11.1 Å². The number of nitrogens with one attached hydrogen (secondary N) is 3. The number of methoxy groups -OCH3 is 1. The Hall–Kier alpha value is -1.98. The summed E-state index contributed by atoms with van der Waals surface area (Å²) in [6.07, 6.45) is 7.59. The summed E-state index contributed by atoms with van der Waals surface area (Å²) in [5, 5.41) is 7.35. The lowest BCUT2D eigenvalue weighted by Gasteiger charge is -2.32. The van der Waals surface area contributed by atoms with E-state index in [1.807, 2.05) is 12.1 Å². The van der Waals surface area contributed by atoms with Crippen molar-refractivity contribution in [3.05, 3.63) is 34.5 Å². The van der Waals surface area contributed by atoms with Gasteiger partial charge in [-0.3, -0.25) is 4.55 Å². The van der Waals surface area contributed by atoms with Gasteiger partial charge in [0.1, 0.15) is 10.8 Å². The third-order valence-corrected chi connectivity index (χ3v) is 7.79. The Labute approximate surface area is 214 Å². The summed E-state index contributed by atoms with van der Waals surface area (Å²) in [6.45, 7) is 5.69. The summed E-state index contributed by atoms with van der Waals surface area (Å²) in [6, 6.07) is 4.14. The highest BCUT2D eigenvalue weighted by Crippen LogP contribution is 2.34. The maximum Gasteiger partial charge on any atom is 0.231 e. The Morgan fingerprint density at radius 1 is 1.23 bits per heavy atom. The minimum absolute atomic E-state index is 0.109. The number of aromatic nitrogens is 2. The van der Waals surface area contributed by atoms with Crippen molar-refractivity contribution in [1.82, 2.24) is 19.6 Å². The molecule has 1 aliphatic heterocycles. The van der Waals surface area contributed by atoms with Crippen molar-refractivity contribution in [2.75, 3.05) is 43.9 Å². The maximum atomic E-state index is 11.1. The van der Waals surface area contributed by atoms with Crippen LogP contribution in [0.4, 0.5) is 17.5 Å². The molecule has 0 radical (unpaired) electrons. The molecule has 1 saturated carbocycles. The molecular weight excluding hydrogens is 488 g/mol. The zero-order valence-electron chi connectivity index (χ0n) is 20.3. The number of benzene rings is 1. The van der Waals surface area contributed by atoms with Crippen molar-refractivity contribution in [2.24, 2.45) is 5.92 Å². The zero-order valence-corrected chi connectivity index (χ0v) is 21.9. The molecule has 0 saturated heterocycles. The lowest BCUT2D eigenvalue weighted by Crippen LogP contribution is -2.39. The number of rotatable bonds is 9. The van der Waals surface area contributed by atoms with Crippen LogP contribution in [0.3, 0.4) is 0 Å². The fourth-order valence-electron chi connectivity index (χ4n) is 5.15. The minimum Gasteiger partial charge on any atom is -0.496 e. The quantitative estimate of drug-likeness (QED) is 0.366. The lowest BCUT2D eigenvalue weighted by atomic mass is 9.84. The van der Waals surface area contributed by atoms with Gasteiger partial charge in [0.2, 0.25) is 17.2 Å². The monoisotopic (exact) mass is 522 g/mol. The highest BCUT2D eigenvalue weighted by atomic mass is 35.5. The molecule has 1 fully saturated rings. The van der Waals surface area contributed by atoms with Crippen LogP contribution in [0.25, 0.3) is 0 Å². The van der Waals surface area contributed by atoms with Crippen LogP contribution in [-0.4, -0.2) is 63.0 Å². The number of halogens is 1. The smallest absolute Gasteiger partial charge is 0.231 e. The van der Waals surface area contributed by atoms with E-state index in [2.05, 4.69) is 32.2 Å². The maximum absolute atomic E-state index is 11.1. The first-order valence-electron chi connectivity index (χ1n) is 12.3. The second-order valence-electron chi connectivity index (χ2n) is 9.11. The average molecular weight is 523 g/mol. The van der Waals surface area contributed by atoms with Gasteiger partial charge >= 0.3 is 0 Å². The molecule has 0 spiro atoms. The van der Waals surface area contributed by atoms with E-state index in [-0.39, 0.29) is 12.0 Å². The van der Waals surface area contributed by atoms with E-state index in [0.29, 0.717) is 23.3 Å². The molecule has 2 aliphatic rings. The average Bonchev–Trinajstić information content (AvgIpc) is 3.09. The Bertz CT molecular complexity index is 1040. The van der Waals surface area contributed by atoms with E-state index in [4.69, 9.17) is 25.9 Å². The van der Waals surface area contributed by atoms with Gasteiger partial charge in [0.25, 0.3) is 0 Å². The van der Waals surface area contributed by atoms with Crippen LogP contribution in [0.1, 0.15) is 43.7 Å². The standard InChI is InChI=1S/C24H35ClN6O3S/c1-3-31-12-10-17-18(11-13-31)22(34-2)9-8-21(17)29-24-26-15-19(25)23(30-24)28-20-7-5-4-6-16(20)14-27-35(32)33/h8-9,15-16,20,27H,3-7,10-14H2,1-2H3,(H,32,33)(H2,26,28,29,30)/t16-,20-/m1/s1. The molecule has 192 valence electrons. The van der Waals surface area contributed by atoms with Crippen LogP contribution >= 0.6 is 11.6 Å². The molecule has 11 heteroatoms. The first-order valence-corrected chi connectivity index (χ1v) is 13.8. The Morgan fingerprint density at radius 2 is 2.00 bits per heavy atom. The van der Waals surface area contributed by atoms with Crippen LogP contribution in [0, 0.1) is 5.92 Å². The first kappa shape index (κ1) is 26.1. The normalized spacial score (nSPS) is 21.6. The molecule has 1 aliphatic carbocycles. The molecule has 4 rings (SSSR count). The summed E-state index contributed by atoms with van der Waals surface area (Å²) in [4.78, 5) is 11.6. The molecule has 0 bridgehead atoms. The van der Waals surface area contributed by atoms with Gasteiger partial charge in [0, 0.05) is 36.9 Å². The first-order chi connectivity index (χ1) is 17.0. The van der Waals surface area contributed by atoms with E-state index in [1.54, 1.807) is 13.3 Å². The van der Waals surface area contributed by atoms with Gasteiger partial charge in [-0.25, -0.2) is 13.9 Å². The van der Waals surface area contributed by atoms with Crippen molar-refractivity contribution in [2.45, 2.75) is 51.5 Å². The van der Waals surface area contributed by atoms with Crippen molar-refractivity contribution < 1.29 is 13.5 Å². The molecule has 1 aromatic heterocycles. The van der Waals surface area contributed by atoms with E-state index >= 15 is 0 Å². The van der Waals surface area contributed by atoms with E-state index < -0.39 is 11.3 Å². The van der Waals surface area contributed by atoms with Crippen molar-refractivity contribution >= 4 is 40.3 Å². The molecule has 1 aromatic carbocycles. The fraction of sp³-hybridized carbons (Fsp3) is 0.583. The second-order valence-corrected chi connectivity index (χ2v) is 10.3. The number of likely N-dealkylation sites (N-methyl/N-ethyl adjacent to an activating group) is 1. The molecule has 2 aromatic rings. The topological polar surface area (TPSA) is 112 Å². The van der Waals surface area contributed by atoms with Gasteiger partial charge < -0.3 is 20.3 Å². The van der Waals surface area contributed by atoms with Gasteiger partial charge in [-0.2, -0.15) is 4.98 Å². The highest BCUT2D eigenvalue weighted by molar-refractivity contribution is 7.77. The summed E-state index contributed by atoms with van der Waals surface area (Å²) in [5.41, 5.74) is 3.46. The largest absolute Gasteiger partial charge is 0.496 e. The third kappa shape index (κ3) is 6.62. The number of anilines is 3. The summed E-state index contributed by atoms with van der Waals surface area (Å²) in [5.74, 6) is 2.18. The summed E-state index contributed by atoms with van der Waals surface area (Å²) >= 11 is 4.44. The number of fused-ring (bicyclic) bond motifs is 1. The van der Waals surface area contributed by atoms with E-state index in [9.17, 15) is 4.21 Å². The number of ether oxygens (including phenoxy) is 1. The molecular formula is C24H35ClN6O3S. The molecule has 9 nitrogen and oxygen atoms in total. The van der Waals surface area contributed by atoms with E-state index in [0.717, 1.165) is 69.6 Å². The zero-order chi connectivity index (χ0) is 24.8. The van der Waals surface area contributed by atoms with Crippen LogP contribution in [0.5, 0.6) is 5.75 Å². The summed E-state index contributed by atoms with van der Waals surface area (Å²) in [7, 11) is 1.72. The van der Waals surface area contributed by atoms with Crippen LogP contribution in [0.2, 0.25) is 5.02 Å². The summed E-state index contributed by atoms with van der Waals surface area (Å²) < 4.78 is 28.5. The number of hydrogen-bond acceptors (Lipinski definition) is 7. The lowest BCUT2D eigenvalue weighted by molar-refractivity contribution is 0.302. The minimum atomic E-state index is -2.02. The van der Waals surface area contributed by atoms with Crippen molar-refractivity contribution in [1.29, 1.82) is 0 Å². The molecule has 35 heavy (non-hydrogen) atoms. The van der Waals surface area contributed by atoms with Crippen molar-refractivity contribution in [3.8, 4) is 5.75 Å². The number of hydrogen-bond donors (Lipinski definition) is 4. The van der Waals surface area contributed by atoms with Gasteiger partial charge in [-0.1, -0.05) is 31.4 Å². The van der Waals surface area contributed by atoms with Crippen molar-refractivity contribution in [3.63, 3.8) is 0 Å². The molecule has 4 N–H and O–H groups in total. The van der Waals surface area contributed by atoms with Crippen LogP contribution < -0.4 is 20.1 Å². The predicted octanol–water partition coefficient (Wildman–Crippen LogP) is 4.00. The van der Waals surface area contributed by atoms with Gasteiger partial charge in [0.15, 0.2) is 5.82 Å². The van der Waals surface area contributed by atoms with Crippen LogP contribution in [0.15, 0.2) is 18.3 Å². The Kier molecular flexibility index (Phi) is 9.18. The third-order valence-electron chi connectivity index (χ3n) is 7.10. The number of nitrogens with zero attached hydrogens (tertiary/aromatic N) is 3. The Morgan fingerprint density at radius 3 is 2.74 bits per heavy atom. The second kappa shape index (κ2) is 12.3. The molecule has 3 atom stereocenters. The highest BCUT2D eigenvalue weighted by Gasteiger charge is 2.27. The fourth-order valence-corrected chi connectivity index (χ4v) is 5.65. The van der Waals surface area contributed by atoms with Gasteiger partial charge in [0.05, 0.1) is 13.3 Å². The molecule has 0 amide bonds. The van der Waals surface area contributed by atoms with Crippen LogP contribution in [-0.2, 0) is 24.1 Å². The predicted molar refractivity (Wildman–Crippen MR) is 141 cm³/mol. The Balaban J connectivity index is 1.54. The van der Waals surface area contributed by atoms with Gasteiger partial charge in [-0.05, 0) is 55.8 Å². The molecule has 1 unspecified atom stereocenters. The SMILES string of the molecule is CCN1CCc2c(Nc3ncc(Cl)c(N[C@@H]4CCCC[C@@H]4CNS(=O)O)n3)ccc(OC)c2CC1. The van der Waals surface area contributed by atoms with Gasteiger partial charge in [-0.15, -0.1) is 0 Å².